The van der Waals surface area contributed by atoms with Crippen molar-refractivity contribution in [2.75, 3.05) is 50.0 Å². The summed E-state index contributed by atoms with van der Waals surface area (Å²) in [6, 6.07) is 5.96. The smallest absolute Gasteiger partial charge is 0.346 e. The number of fused-ring (bicyclic) bond motifs is 3. The van der Waals surface area contributed by atoms with Crippen molar-refractivity contribution in [3.05, 3.63) is 64.2 Å². The van der Waals surface area contributed by atoms with Crippen molar-refractivity contribution in [3.63, 3.8) is 0 Å². The number of carbonyl (C=O) groups excluding carboxylic acids is 1. The van der Waals surface area contributed by atoms with Gasteiger partial charge in [-0.2, -0.15) is 19.9 Å². The molecule has 1 spiro atoms. The van der Waals surface area contributed by atoms with Gasteiger partial charge in [-0.3, -0.25) is 4.90 Å². The Balaban J connectivity index is 1.18. The minimum atomic E-state index is -0.771. The quantitative estimate of drug-likeness (QED) is 0.176. The molecule has 0 saturated carbocycles. The lowest BCUT2D eigenvalue weighted by Gasteiger charge is -2.48. The Bertz CT molecular complexity index is 2490. The van der Waals surface area contributed by atoms with E-state index in [0.29, 0.717) is 43.9 Å². The zero-order valence-electron chi connectivity index (χ0n) is 29.9. The first-order chi connectivity index (χ1) is 26.4. The van der Waals surface area contributed by atoms with E-state index < -0.39 is 17.2 Å². The number of halogens is 4. The third kappa shape index (κ3) is 5.63. The molecule has 3 atom stereocenters. The number of thiophene rings is 1. The van der Waals surface area contributed by atoms with Gasteiger partial charge in [-0.1, -0.05) is 36.7 Å². The molecule has 2 unspecified atom stereocenters. The van der Waals surface area contributed by atoms with Crippen LogP contribution in [0.2, 0.25) is 10.3 Å². The minimum absolute atomic E-state index is 0.00186. The molecule has 4 saturated heterocycles. The maximum atomic E-state index is 17.4. The fourth-order valence-electron chi connectivity index (χ4n) is 9.55. The summed E-state index contributed by atoms with van der Waals surface area (Å²) in [7, 11) is 0. The van der Waals surface area contributed by atoms with Gasteiger partial charge in [0.15, 0.2) is 5.82 Å². The van der Waals surface area contributed by atoms with E-state index in [1.54, 1.807) is 6.07 Å². The highest BCUT2D eigenvalue weighted by Gasteiger charge is 2.52. The van der Waals surface area contributed by atoms with Crippen molar-refractivity contribution in [3.8, 4) is 23.2 Å². The van der Waals surface area contributed by atoms with Crippen LogP contribution >= 0.6 is 34.5 Å². The molecule has 284 valence electrons. The second-order valence-corrected chi connectivity index (χ2v) is 17.0. The van der Waals surface area contributed by atoms with Crippen LogP contribution in [0, 0.1) is 28.9 Å². The number of benzene rings is 2. The molecule has 9 rings (SSSR count). The van der Waals surface area contributed by atoms with Crippen molar-refractivity contribution in [2.24, 2.45) is 5.92 Å². The number of nitrogens with zero attached hydrogens (tertiary/aromatic N) is 9. The van der Waals surface area contributed by atoms with Crippen LogP contribution < -0.4 is 15.4 Å². The van der Waals surface area contributed by atoms with Crippen LogP contribution in [0.3, 0.4) is 0 Å². The van der Waals surface area contributed by atoms with E-state index >= 15 is 8.78 Å². The second-order valence-electron chi connectivity index (χ2n) is 15.2. The molecule has 0 radical (unpaired) electrons. The summed E-state index contributed by atoms with van der Waals surface area (Å²) >= 11 is 13.9. The van der Waals surface area contributed by atoms with Crippen molar-refractivity contribution < 1.29 is 18.3 Å². The predicted octanol–water partition coefficient (Wildman–Crippen LogP) is 7.66. The Hall–Kier alpha value is -4.62. The summed E-state index contributed by atoms with van der Waals surface area (Å²) in [5.41, 5.74) is 6.60. The van der Waals surface area contributed by atoms with Gasteiger partial charge in [0.1, 0.15) is 41.2 Å². The SMILES string of the molecule is C=C1CN2CCC[C@@]2(COc2nc(N3CCC4(C3)C(C)CCCN4C(=O)n3cnc(Cl)n3)c3cc(Cl)c(-c4ccc(F)c5sc(N)c(C#N)c45)c(F)c3n2)C1. The first kappa shape index (κ1) is 36.0. The molecule has 2 N–H and O–H groups in total. The molecule has 4 fully saturated rings. The molecule has 4 aliphatic heterocycles. The molecule has 5 aromatic rings. The molecule has 12 nitrogen and oxygen atoms in total. The largest absolute Gasteiger partial charge is 0.461 e. The molecule has 2 aromatic carbocycles. The first-order valence-electron chi connectivity index (χ1n) is 18.2. The number of carbonyl (C=O) groups is 1. The number of anilines is 2. The molecule has 17 heteroatoms. The fraction of sp³-hybridized carbons (Fsp3) is 0.421. The highest BCUT2D eigenvalue weighted by Crippen LogP contribution is 2.48. The van der Waals surface area contributed by atoms with Gasteiger partial charge in [0.25, 0.3) is 0 Å². The number of hydrogen-bond acceptors (Lipinski definition) is 11. The monoisotopic (exact) mass is 804 g/mol. The average molecular weight is 806 g/mol. The average Bonchev–Trinajstić information content (AvgIpc) is 3.99. The van der Waals surface area contributed by atoms with Gasteiger partial charge in [-0.05, 0) is 80.3 Å². The number of nitriles is 1. The molecule has 1 amide bonds. The third-order valence-corrected chi connectivity index (χ3v) is 13.7. The number of aromatic nitrogens is 5. The van der Waals surface area contributed by atoms with E-state index in [4.69, 9.17) is 38.7 Å². The van der Waals surface area contributed by atoms with E-state index in [1.165, 1.54) is 23.1 Å². The van der Waals surface area contributed by atoms with Crippen LogP contribution in [0.15, 0.2) is 36.7 Å². The zero-order chi connectivity index (χ0) is 38.4. The van der Waals surface area contributed by atoms with Gasteiger partial charge in [0.2, 0.25) is 5.28 Å². The summed E-state index contributed by atoms with van der Waals surface area (Å²) in [5.74, 6) is -0.825. The molecule has 0 aliphatic carbocycles. The summed E-state index contributed by atoms with van der Waals surface area (Å²) in [5, 5.41) is 14.7. The Morgan fingerprint density at radius 1 is 1.20 bits per heavy atom. The van der Waals surface area contributed by atoms with Gasteiger partial charge in [0, 0.05) is 42.5 Å². The van der Waals surface area contributed by atoms with Crippen LogP contribution in [0.4, 0.5) is 24.4 Å². The van der Waals surface area contributed by atoms with Crippen LogP contribution in [0.1, 0.15) is 51.0 Å². The maximum absolute atomic E-state index is 17.4. The Morgan fingerprint density at radius 3 is 2.82 bits per heavy atom. The van der Waals surface area contributed by atoms with Gasteiger partial charge < -0.3 is 20.3 Å². The van der Waals surface area contributed by atoms with Crippen molar-refractivity contribution in [1.29, 1.82) is 5.26 Å². The lowest BCUT2D eigenvalue weighted by Crippen LogP contribution is -2.61. The number of hydrogen-bond donors (Lipinski definition) is 1. The number of piperidine rings is 1. The topological polar surface area (TPSA) is 142 Å². The second kappa shape index (κ2) is 13.3. The Labute approximate surface area is 329 Å². The van der Waals surface area contributed by atoms with Crippen molar-refractivity contribution >= 4 is 72.4 Å². The highest BCUT2D eigenvalue weighted by atomic mass is 35.5. The molecule has 0 bridgehead atoms. The normalized spacial score (nSPS) is 24.1. The molecular formula is C38H36Cl2F2N10O2S. The molecule has 55 heavy (non-hydrogen) atoms. The Kier molecular flexibility index (Phi) is 8.69. The van der Waals surface area contributed by atoms with Gasteiger partial charge >= 0.3 is 12.0 Å². The number of nitrogen functional groups attached to an aromatic ring is 1. The Morgan fingerprint density at radius 2 is 2.04 bits per heavy atom. The standard InChI is InChI=1S/C38H36Cl2F2N10O2S/c1-20-14-37(8-4-10-50(37)16-20)18-54-35-46-30-23(13-25(39)28(29(30)42)22-6-7-26(41)31-27(22)24(15-43)32(44)55-31)33(47-35)49-12-9-38(17-49)21(2)5-3-11-51(38)36(53)52-19-45-34(40)48-52/h6-7,13,19,21H,1,3-5,8-12,14,16-18,44H2,2H3/t21?,37-,38?/m0/s1. The van der Waals surface area contributed by atoms with E-state index in [0.717, 1.165) is 62.1 Å². The minimum Gasteiger partial charge on any atom is -0.461 e. The van der Waals surface area contributed by atoms with Gasteiger partial charge in [-0.15, -0.1) is 16.4 Å². The van der Waals surface area contributed by atoms with E-state index in [1.807, 2.05) is 9.80 Å². The first-order valence-corrected chi connectivity index (χ1v) is 19.8. The van der Waals surface area contributed by atoms with E-state index in [9.17, 15) is 10.1 Å². The fourth-order valence-corrected chi connectivity index (χ4v) is 10.9. The molecule has 4 aliphatic rings. The van der Waals surface area contributed by atoms with Crippen molar-refractivity contribution in [2.45, 2.75) is 56.5 Å². The molecule has 7 heterocycles. The summed E-state index contributed by atoms with van der Waals surface area (Å²) in [6.45, 7) is 9.83. The van der Waals surface area contributed by atoms with Crippen LogP contribution in [-0.2, 0) is 0 Å². The van der Waals surface area contributed by atoms with Crippen LogP contribution in [0.25, 0.3) is 32.1 Å². The van der Waals surface area contributed by atoms with Gasteiger partial charge in [-0.25, -0.2) is 18.6 Å². The maximum Gasteiger partial charge on any atom is 0.346 e. The van der Waals surface area contributed by atoms with Gasteiger partial charge in [0.05, 0.1) is 26.4 Å². The predicted molar refractivity (Wildman–Crippen MR) is 208 cm³/mol. The van der Waals surface area contributed by atoms with E-state index in [-0.39, 0.29) is 71.1 Å². The molecular weight excluding hydrogens is 769 g/mol. The zero-order valence-corrected chi connectivity index (χ0v) is 32.2. The number of rotatable bonds is 5. The summed E-state index contributed by atoms with van der Waals surface area (Å²) < 4.78 is 40.2. The van der Waals surface area contributed by atoms with E-state index in [2.05, 4.69) is 39.5 Å². The number of likely N-dealkylation sites (tertiary alicyclic amines) is 1. The van der Waals surface area contributed by atoms with Crippen molar-refractivity contribution in [1.82, 2.24) is 34.5 Å². The van der Waals surface area contributed by atoms with Crippen LogP contribution in [0.5, 0.6) is 6.01 Å². The number of ether oxygens (including phenoxy) is 1. The molecule has 3 aromatic heterocycles. The number of amides is 1. The summed E-state index contributed by atoms with van der Waals surface area (Å²) in [4.78, 5) is 33.8. The number of nitrogens with two attached hydrogens (primary N) is 1. The summed E-state index contributed by atoms with van der Waals surface area (Å²) in [6.07, 6.45) is 6.41. The highest BCUT2D eigenvalue weighted by molar-refractivity contribution is 7.23. The van der Waals surface area contributed by atoms with Crippen LogP contribution in [-0.4, -0.2) is 91.0 Å². The lowest BCUT2D eigenvalue weighted by molar-refractivity contribution is 0.0474. The lowest BCUT2D eigenvalue weighted by atomic mass is 9.77. The third-order valence-electron chi connectivity index (χ3n) is 12.2.